The van der Waals surface area contributed by atoms with Crippen LogP contribution in [0.25, 0.3) is 0 Å². The van der Waals surface area contributed by atoms with E-state index in [2.05, 4.69) is 10.0 Å². The average Bonchev–Trinajstić information content (AvgIpc) is 3.15. The van der Waals surface area contributed by atoms with Gasteiger partial charge in [0.25, 0.3) is 0 Å². The third kappa shape index (κ3) is 3.56. The fraction of sp³-hybridized carbons (Fsp3) is 0.600. The lowest BCUT2D eigenvalue weighted by atomic mass is 10.0. The zero-order valence-electron chi connectivity index (χ0n) is 12.0. The van der Waals surface area contributed by atoms with Gasteiger partial charge in [-0.3, -0.25) is 0 Å². The third-order valence-electron chi connectivity index (χ3n) is 4.22. The summed E-state index contributed by atoms with van der Waals surface area (Å²) in [4.78, 5) is 0.262. The van der Waals surface area contributed by atoms with Crippen molar-refractivity contribution >= 4 is 15.7 Å². The van der Waals surface area contributed by atoms with Gasteiger partial charge < -0.3 is 10.4 Å². The monoisotopic (exact) mass is 310 g/mol. The molecule has 0 bridgehead atoms. The molecule has 116 valence electrons. The molecule has 0 heterocycles. The lowest BCUT2D eigenvalue weighted by Gasteiger charge is -2.24. The average molecular weight is 310 g/mol. The fourth-order valence-electron chi connectivity index (χ4n) is 2.80. The van der Waals surface area contributed by atoms with Gasteiger partial charge in [-0.05, 0) is 37.8 Å². The van der Waals surface area contributed by atoms with Crippen molar-refractivity contribution in [2.75, 3.05) is 11.9 Å². The SMILES string of the molecule is O=S(=O)(NC1CC1)c1ccccc1NCC1(O)CCCC1. The van der Waals surface area contributed by atoms with Gasteiger partial charge in [0.1, 0.15) is 4.90 Å². The zero-order chi connectivity index (χ0) is 14.9. The lowest BCUT2D eigenvalue weighted by Crippen LogP contribution is -2.34. The highest BCUT2D eigenvalue weighted by Crippen LogP contribution is 2.31. The van der Waals surface area contributed by atoms with Crippen molar-refractivity contribution in [2.24, 2.45) is 0 Å². The summed E-state index contributed by atoms with van der Waals surface area (Å²) >= 11 is 0. The first kappa shape index (κ1) is 14.8. The molecule has 0 unspecified atom stereocenters. The second kappa shape index (κ2) is 5.59. The predicted octanol–water partition coefficient (Wildman–Crippen LogP) is 1.84. The summed E-state index contributed by atoms with van der Waals surface area (Å²) in [6.07, 6.45) is 5.43. The molecule has 1 aromatic rings. The normalized spacial score (nSPS) is 21.4. The fourth-order valence-corrected chi connectivity index (χ4v) is 4.29. The molecule has 3 N–H and O–H groups in total. The van der Waals surface area contributed by atoms with Crippen LogP contribution in [0.15, 0.2) is 29.2 Å². The molecular weight excluding hydrogens is 288 g/mol. The van der Waals surface area contributed by atoms with Gasteiger partial charge in [-0.25, -0.2) is 13.1 Å². The number of sulfonamides is 1. The van der Waals surface area contributed by atoms with Crippen LogP contribution in [0.2, 0.25) is 0 Å². The summed E-state index contributed by atoms with van der Waals surface area (Å²) in [6, 6.07) is 6.96. The van der Waals surface area contributed by atoms with Crippen molar-refractivity contribution in [1.29, 1.82) is 0 Å². The highest BCUT2D eigenvalue weighted by atomic mass is 32.2. The molecule has 0 aliphatic heterocycles. The predicted molar refractivity (Wildman–Crippen MR) is 81.7 cm³/mol. The van der Waals surface area contributed by atoms with E-state index in [-0.39, 0.29) is 10.9 Å². The molecular formula is C15H22N2O3S. The number of aliphatic hydroxyl groups is 1. The molecule has 0 aromatic heterocycles. The van der Waals surface area contributed by atoms with Crippen molar-refractivity contribution in [1.82, 2.24) is 4.72 Å². The van der Waals surface area contributed by atoms with E-state index in [4.69, 9.17) is 0 Å². The van der Waals surface area contributed by atoms with Gasteiger partial charge in [0, 0.05) is 12.6 Å². The van der Waals surface area contributed by atoms with Crippen LogP contribution in [-0.4, -0.2) is 31.7 Å². The second-order valence-corrected chi connectivity index (χ2v) is 7.86. The number of nitrogens with one attached hydrogen (secondary N) is 2. The van der Waals surface area contributed by atoms with Crippen LogP contribution in [0.5, 0.6) is 0 Å². The number of benzene rings is 1. The van der Waals surface area contributed by atoms with Crippen molar-refractivity contribution < 1.29 is 13.5 Å². The van der Waals surface area contributed by atoms with Gasteiger partial charge in [-0.15, -0.1) is 0 Å². The highest BCUT2D eigenvalue weighted by molar-refractivity contribution is 7.89. The molecule has 0 saturated heterocycles. The van der Waals surface area contributed by atoms with Gasteiger partial charge >= 0.3 is 0 Å². The molecule has 2 saturated carbocycles. The van der Waals surface area contributed by atoms with E-state index in [0.29, 0.717) is 12.2 Å². The van der Waals surface area contributed by atoms with E-state index in [1.807, 2.05) is 0 Å². The Kier molecular flexibility index (Phi) is 3.94. The van der Waals surface area contributed by atoms with E-state index >= 15 is 0 Å². The smallest absolute Gasteiger partial charge is 0.242 e. The van der Waals surface area contributed by atoms with Crippen molar-refractivity contribution in [2.45, 2.75) is 55.1 Å². The molecule has 0 spiro atoms. The van der Waals surface area contributed by atoms with Crippen molar-refractivity contribution in [3.63, 3.8) is 0 Å². The first-order valence-corrected chi connectivity index (χ1v) is 9.05. The van der Waals surface area contributed by atoms with Gasteiger partial charge in [-0.2, -0.15) is 0 Å². The molecule has 0 atom stereocenters. The molecule has 5 nitrogen and oxygen atoms in total. The van der Waals surface area contributed by atoms with Gasteiger partial charge in [0.2, 0.25) is 10.0 Å². The van der Waals surface area contributed by atoms with Crippen LogP contribution in [0.3, 0.4) is 0 Å². The Hall–Kier alpha value is -1.11. The summed E-state index contributed by atoms with van der Waals surface area (Å²) in [5, 5.41) is 13.5. The summed E-state index contributed by atoms with van der Waals surface area (Å²) in [6.45, 7) is 0.392. The molecule has 3 rings (SSSR count). The first-order chi connectivity index (χ1) is 9.99. The topological polar surface area (TPSA) is 78.4 Å². The van der Waals surface area contributed by atoms with Crippen LogP contribution < -0.4 is 10.0 Å². The molecule has 1 aromatic carbocycles. The minimum Gasteiger partial charge on any atom is -0.388 e. The summed E-state index contributed by atoms with van der Waals surface area (Å²) in [5.74, 6) is 0. The summed E-state index contributed by atoms with van der Waals surface area (Å²) in [5.41, 5.74) is -0.146. The maximum absolute atomic E-state index is 12.4. The van der Waals surface area contributed by atoms with Crippen LogP contribution in [0, 0.1) is 0 Å². The Balaban J connectivity index is 1.75. The molecule has 2 aliphatic carbocycles. The number of rotatable bonds is 6. The maximum atomic E-state index is 12.4. The molecule has 2 fully saturated rings. The zero-order valence-corrected chi connectivity index (χ0v) is 12.8. The van der Waals surface area contributed by atoms with Gasteiger partial charge in [0.15, 0.2) is 0 Å². The first-order valence-electron chi connectivity index (χ1n) is 7.56. The number of anilines is 1. The third-order valence-corrected chi connectivity index (χ3v) is 5.80. The summed E-state index contributed by atoms with van der Waals surface area (Å²) < 4.78 is 27.4. The standard InChI is InChI=1S/C15H22N2O3S/c18-15(9-3-4-10-15)11-16-13-5-1-2-6-14(13)21(19,20)17-12-7-8-12/h1-2,5-6,12,16-18H,3-4,7-11H2. The molecule has 21 heavy (non-hydrogen) atoms. The number of hydrogen-bond donors (Lipinski definition) is 3. The number of hydrogen-bond acceptors (Lipinski definition) is 4. The van der Waals surface area contributed by atoms with E-state index in [1.165, 1.54) is 0 Å². The van der Waals surface area contributed by atoms with E-state index < -0.39 is 15.6 Å². The largest absolute Gasteiger partial charge is 0.388 e. The molecule has 0 radical (unpaired) electrons. The van der Waals surface area contributed by atoms with E-state index in [0.717, 1.165) is 38.5 Å². The van der Waals surface area contributed by atoms with E-state index in [9.17, 15) is 13.5 Å². The Morgan fingerprint density at radius 1 is 1.19 bits per heavy atom. The quantitative estimate of drug-likeness (QED) is 0.749. The Morgan fingerprint density at radius 3 is 2.52 bits per heavy atom. The Labute approximate surface area is 125 Å². The lowest BCUT2D eigenvalue weighted by molar-refractivity contribution is 0.0614. The van der Waals surface area contributed by atoms with Crippen LogP contribution in [0.1, 0.15) is 38.5 Å². The Bertz CT molecular complexity index is 605. The van der Waals surface area contributed by atoms with Crippen LogP contribution in [-0.2, 0) is 10.0 Å². The summed E-state index contributed by atoms with van der Waals surface area (Å²) in [7, 11) is -3.49. The minimum atomic E-state index is -3.49. The van der Waals surface area contributed by atoms with Crippen LogP contribution >= 0.6 is 0 Å². The highest BCUT2D eigenvalue weighted by Gasteiger charge is 2.32. The van der Waals surface area contributed by atoms with Gasteiger partial charge in [-0.1, -0.05) is 25.0 Å². The van der Waals surface area contributed by atoms with Crippen molar-refractivity contribution in [3.05, 3.63) is 24.3 Å². The Morgan fingerprint density at radius 2 is 1.86 bits per heavy atom. The van der Waals surface area contributed by atoms with Gasteiger partial charge in [0.05, 0.1) is 11.3 Å². The number of para-hydroxylation sites is 1. The minimum absolute atomic E-state index is 0.0853. The molecule has 6 heteroatoms. The second-order valence-electron chi connectivity index (χ2n) is 6.18. The molecule has 2 aliphatic rings. The molecule has 0 amide bonds. The van der Waals surface area contributed by atoms with Crippen LogP contribution in [0.4, 0.5) is 5.69 Å². The van der Waals surface area contributed by atoms with E-state index in [1.54, 1.807) is 24.3 Å². The maximum Gasteiger partial charge on any atom is 0.242 e. The van der Waals surface area contributed by atoms with Crippen molar-refractivity contribution in [3.8, 4) is 0 Å².